The molecule has 1 atom stereocenters. The highest BCUT2D eigenvalue weighted by Crippen LogP contribution is 2.33. The zero-order valence-electron chi connectivity index (χ0n) is 22.4. The van der Waals surface area contributed by atoms with Crippen LogP contribution in [0.15, 0.2) is 78.7 Å². The lowest BCUT2D eigenvalue weighted by molar-refractivity contribution is 0.310. The van der Waals surface area contributed by atoms with Gasteiger partial charge < -0.3 is 19.0 Å². The van der Waals surface area contributed by atoms with Crippen molar-refractivity contribution in [1.82, 2.24) is 28.4 Å². The minimum absolute atomic E-state index is 0.0312. The fourth-order valence-electron chi connectivity index (χ4n) is 5.58. The molecule has 1 unspecified atom stereocenters. The van der Waals surface area contributed by atoms with E-state index in [0.717, 1.165) is 33.4 Å². The van der Waals surface area contributed by atoms with Crippen LogP contribution in [0.5, 0.6) is 0 Å². The molecule has 204 valence electrons. The third kappa shape index (κ3) is 4.76. The molecule has 1 aliphatic heterocycles. The molecule has 1 aliphatic rings. The van der Waals surface area contributed by atoms with E-state index in [2.05, 4.69) is 32.0 Å². The zero-order chi connectivity index (χ0) is 27.9. The highest BCUT2D eigenvalue weighted by Gasteiger charge is 2.37. The van der Waals surface area contributed by atoms with E-state index in [-0.39, 0.29) is 17.6 Å². The number of imidazole rings is 2. The van der Waals surface area contributed by atoms with Crippen molar-refractivity contribution < 1.29 is 8.42 Å². The Labute approximate surface area is 233 Å². The fourth-order valence-corrected chi connectivity index (χ4v) is 7.17. The van der Waals surface area contributed by atoms with Gasteiger partial charge in [-0.15, -0.1) is 0 Å². The number of sulfonamides is 1. The maximum Gasteiger partial charge on any atom is 0.262 e. The van der Waals surface area contributed by atoms with Crippen LogP contribution in [0.3, 0.4) is 0 Å². The lowest BCUT2D eigenvalue weighted by Gasteiger charge is -2.40. The quantitative estimate of drug-likeness (QED) is 0.314. The number of fused-ring (bicyclic) bond motifs is 2. The summed E-state index contributed by atoms with van der Waals surface area (Å²) in [5.74, 6) is 0. The number of aromatic amines is 1. The Morgan fingerprint density at radius 3 is 2.77 bits per heavy atom. The monoisotopic (exact) mass is 554 g/mol. The molecule has 0 saturated heterocycles. The van der Waals surface area contributed by atoms with Crippen LogP contribution in [-0.2, 0) is 43.5 Å². The summed E-state index contributed by atoms with van der Waals surface area (Å²) >= 11 is 0. The molecule has 0 radical (unpaired) electrons. The van der Waals surface area contributed by atoms with Crippen LogP contribution < -0.4 is 4.90 Å². The molecule has 5 aromatic rings. The highest BCUT2D eigenvalue weighted by atomic mass is 32.2. The summed E-state index contributed by atoms with van der Waals surface area (Å²) in [6.07, 6.45) is 9.63. The molecule has 11 heteroatoms. The third-order valence-electron chi connectivity index (χ3n) is 7.64. The van der Waals surface area contributed by atoms with Crippen LogP contribution >= 0.6 is 0 Å². The number of aryl methyl sites for hydroxylation is 2. The summed E-state index contributed by atoms with van der Waals surface area (Å²) < 4.78 is 33.5. The van der Waals surface area contributed by atoms with Crippen LogP contribution in [0.2, 0.25) is 0 Å². The molecule has 0 spiro atoms. The first kappa shape index (κ1) is 25.9. The molecule has 0 fully saturated rings. The van der Waals surface area contributed by atoms with Crippen molar-refractivity contribution in [1.29, 1.82) is 5.26 Å². The summed E-state index contributed by atoms with van der Waals surface area (Å²) in [6, 6.07) is 15.5. The highest BCUT2D eigenvalue weighted by molar-refractivity contribution is 7.89. The molecule has 0 aliphatic carbocycles. The summed E-state index contributed by atoms with van der Waals surface area (Å²) in [4.78, 5) is 14.0. The van der Waals surface area contributed by atoms with E-state index >= 15 is 0 Å². The van der Waals surface area contributed by atoms with Gasteiger partial charge >= 0.3 is 0 Å². The Morgan fingerprint density at radius 2 is 2.02 bits per heavy atom. The van der Waals surface area contributed by atoms with Gasteiger partial charge in [0.2, 0.25) is 0 Å². The molecule has 40 heavy (non-hydrogen) atoms. The number of nitrogens with one attached hydrogen (secondary N) is 1. The lowest BCUT2D eigenvalue weighted by Crippen LogP contribution is -2.51. The van der Waals surface area contributed by atoms with Gasteiger partial charge in [-0.3, -0.25) is 0 Å². The van der Waals surface area contributed by atoms with E-state index in [1.54, 1.807) is 28.4 Å². The molecule has 4 heterocycles. The number of nitriles is 1. The van der Waals surface area contributed by atoms with E-state index in [4.69, 9.17) is 0 Å². The second-order valence-electron chi connectivity index (χ2n) is 10.3. The number of aromatic nitrogens is 5. The van der Waals surface area contributed by atoms with E-state index in [1.807, 2.05) is 60.4 Å². The van der Waals surface area contributed by atoms with Gasteiger partial charge in [0.15, 0.2) is 5.03 Å². The summed E-state index contributed by atoms with van der Waals surface area (Å²) in [5.41, 5.74) is 5.60. The van der Waals surface area contributed by atoms with Crippen molar-refractivity contribution >= 4 is 26.6 Å². The topological polar surface area (TPSA) is 116 Å². The van der Waals surface area contributed by atoms with Gasteiger partial charge in [0.05, 0.1) is 36.5 Å². The van der Waals surface area contributed by atoms with Gasteiger partial charge in [0.1, 0.15) is 0 Å². The molecule has 0 saturated carbocycles. The molecule has 2 aromatic carbocycles. The maximum absolute atomic E-state index is 14.1. The number of rotatable bonds is 8. The predicted molar refractivity (Wildman–Crippen MR) is 152 cm³/mol. The number of anilines is 1. The van der Waals surface area contributed by atoms with Crippen molar-refractivity contribution in [3.8, 4) is 6.07 Å². The molecule has 1 N–H and O–H groups in total. The van der Waals surface area contributed by atoms with Crippen LogP contribution in [0, 0.1) is 11.3 Å². The third-order valence-corrected chi connectivity index (χ3v) is 9.48. The Kier molecular flexibility index (Phi) is 6.65. The first-order chi connectivity index (χ1) is 19.3. The number of benzene rings is 2. The summed E-state index contributed by atoms with van der Waals surface area (Å²) in [6.45, 7) is 1.34. The second kappa shape index (κ2) is 10.3. The van der Waals surface area contributed by atoms with Crippen LogP contribution in [0.4, 0.5) is 5.69 Å². The minimum Gasteiger partial charge on any atom is -0.364 e. The first-order valence-corrected chi connectivity index (χ1v) is 14.6. The molecule has 3 aromatic heterocycles. The summed E-state index contributed by atoms with van der Waals surface area (Å²) in [7, 11) is -0.207. The molecular formula is C29H30N8O2S. The number of para-hydroxylation sites is 1. The zero-order valence-corrected chi connectivity index (χ0v) is 23.2. The second-order valence-corrected chi connectivity index (χ2v) is 12.1. The van der Waals surface area contributed by atoms with Gasteiger partial charge in [-0.1, -0.05) is 18.2 Å². The van der Waals surface area contributed by atoms with Crippen LogP contribution in [0.25, 0.3) is 10.9 Å². The number of hydrogen-bond donors (Lipinski definition) is 1. The van der Waals surface area contributed by atoms with Gasteiger partial charge in [0, 0.05) is 68.4 Å². The van der Waals surface area contributed by atoms with Crippen molar-refractivity contribution in [3.63, 3.8) is 0 Å². The van der Waals surface area contributed by atoms with Gasteiger partial charge in [-0.05, 0) is 48.2 Å². The normalized spacial score (nSPS) is 15.4. The molecule has 0 amide bonds. The van der Waals surface area contributed by atoms with Crippen molar-refractivity contribution in [2.24, 2.45) is 14.1 Å². The summed E-state index contributed by atoms with van der Waals surface area (Å²) in [5, 5.41) is 10.7. The van der Waals surface area contributed by atoms with E-state index in [0.29, 0.717) is 31.5 Å². The first-order valence-electron chi connectivity index (χ1n) is 13.1. The van der Waals surface area contributed by atoms with E-state index in [1.165, 1.54) is 6.33 Å². The molecular weight excluding hydrogens is 524 g/mol. The smallest absolute Gasteiger partial charge is 0.262 e. The van der Waals surface area contributed by atoms with Crippen LogP contribution in [-0.4, -0.2) is 55.9 Å². The predicted octanol–water partition coefficient (Wildman–Crippen LogP) is 3.37. The van der Waals surface area contributed by atoms with E-state index < -0.39 is 10.0 Å². The minimum atomic E-state index is -3.92. The van der Waals surface area contributed by atoms with Gasteiger partial charge in [0.25, 0.3) is 10.0 Å². The fraction of sp³-hybridized carbons (Fsp3) is 0.276. The van der Waals surface area contributed by atoms with Gasteiger partial charge in [-0.2, -0.15) is 9.57 Å². The average molecular weight is 555 g/mol. The molecule has 10 nitrogen and oxygen atoms in total. The largest absolute Gasteiger partial charge is 0.364 e. The standard InChI is InChI=1S/C29H30N8O2S/c1-34-18-29(33-20-34)40(38,39)37(10-9-22-14-32-27-6-4-3-5-26(22)27)24-12-23-11-21(13-30)7-8-28(23)36(16-24)17-25-15-31-19-35(25)2/h3-8,11,14-15,18-20,24,32H,9-10,12,16-17H2,1-2H3. The number of hydrogen-bond acceptors (Lipinski definition) is 6. The van der Waals surface area contributed by atoms with E-state index in [9.17, 15) is 13.7 Å². The SMILES string of the molecule is Cn1cnc(S(=O)(=O)N(CCc2c[nH]c3ccccc23)C2Cc3cc(C#N)ccc3N(Cc3cncn3C)C2)c1. The Balaban J connectivity index is 1.39. The Morgan fingerprint density at radius 1 is 1.18 bits per heavy atom. The van der Waals surface area contributed by atoms with Gasteiger partial charge in [-0.25, -0.2) is 18.4 Å². The van der Waals surface area contributed by atoms with Crippen molar-refractivity contribution in [2.75, 3.05) is 18.0 Å². The number of H-pyrrole nitrogens is 1. The van der Waals surface area contributed by atoms with Crippen molar-refractivity contribution in [3.05, 3.63) is 96.1 Å². The average Bonchev–Trinajstić information content (AvgIpc) is 3.69. The Bertz CT molecular complexity index is 1830. The molecule has 0 bridgehead atoms. The van der Waals surface area contributed by atoms with Crippen molar-refractivity contribution in [2.45, 2.75) is 30.5 Å². The van der Waals surface area contributed by atoms with Crippen LogP contribution in [0.1, 0.15) is 22.4 Å². The number of nitrogens with zero attached hydrogens (tertiary/aromatic N) is 7. The molecule has 6 rings (SSSR count). The Hall–Kier alpha value is -4.40. The maximum atomic E-state index is 14.1. The lowest BCUT2D eigenvalue weighted by atomic mass is 9.95.